The minimum absolute atomic E-state index is 0. The van der Waals surface area contributed by atoms with Gasteiger partial charge in [0.2, 0.25) is 0 Å². The van der Waals surface area contributed by atoms with Crippen molar-refractivity contribution >= 4 is 0 Å². The van der Waals surface area contributed by atoms with E-state index in [4.69, 9.17) is 16.0 Å². The Balaban J connectivity index is -0.0000000133. The van der Waals surface area contributed by atoms with Crippen LogP contribution in [0, 0.1) is 0 Å². The van der Waals surface area contributed by atoms with Crippen LogP contribution in [0.3, 0.4) is 0 Å². The van der Waals surface area contributed by atoms with E-state index < -0.39 is 13.4 Å². The molecule has 0 aliphatic heterocycles. The summed E-state index contributed by atoms with van der Waals surface area (Å²) in [6.45, 7) is 0. The zero-order chi connectivity index (χ0) is 4.50. The van der Waals surface area contributed by atoms with Gasteiger partial charge in [0.05, 0.1) is 0 Å². The predicted molar refractivity (Wildman–Crippen MR) is 6.92 cm³/mol. The second-order valence-electron chi connectivity index (χ2n) is 0.415. The molecule has 4 nitrogen and oxygen atoms in total. The van der Waals surface area contributed by atoms with Crippen LogP contribution >= 0.6 is 0 Å². The second-order valence-corrected chi connectivity index (χ2v) is 1.71. The number of rotatable bonds is 0. The molecule has 0 atom stereocenters. The van der Waals surface area contributed by atoms with Crippen LogP contribution in [-0.4, -0.2) is 8.38 Å². The molecular formula is H3MnNaNiO4Zn. The van der Waals surface area contributed by atoms with Gasteiger partial charge in [-0.2, -0.15) is 0 Å². The SMILES string of the molecule is [H-].[Na+].[Ni].[O]=[Mn](=[O])([OH])[OH].[Zn]. The van der Waals surface area contributed by atoms with E-state index in [1.807, 2.05) is 0 Å². The van der Waals surface area contributed by atoms with E-state index in [2.05, 4.69) is 0 Å². The Morgan fingerprint density at radius 3 is 1.25 bits per heavy atom. The van der Waals surface area contributed by atoms with Gasteiger partial charge >= 0.3 is 59.0 Å². The Hall–Kier alpha value is 2.16. The maximum absolute atomic E-state index is 8.80. The van der Waals surface area contributed by atoms with Crippen LogP contribution in [0.25, 0.3) is 0 Å². The molecule has 0 aromatic carbocycles. The average molecular weight is 269 g/mol. The van der Waals surface area contributed by atoms with Gasteiger partial charge < -0.3 is 1.43 Å². The van der Waals surface area contributed by atoms with Crippen LogP contribution < -0.4 is 29.6 Å². The summed E-state index contributed by atoms with van der Waals surface area (Å²) in [5, 5.41) is 0. The van der Waals surface area contributed by atoms with Gasteiger partial charge in [0, 0.05) is 36.0 Å². The van der Waals surface area contributed by atoms with E-state index in [9.17, 15) is 0 Å². The van der Waals surface area contributed by atoms with Crippen molar-refractivity contribution < 1.29 is 96.4 Å². The van der Waals surface area contributed by atoms with Crippen molar-refractivity contribution in [1.82, 2.24) is 0 Å². The van der Waals surface area contributed by atoms with Gasteiger partial charge in [-0.15, -0.1) is 0 Å². The third-order valence-electron chi connectivity index (χ3n) is 0. The van der Waals surface area contributed by atoms with Gasteiger partial charge in [-0.3, -0.25) is 0 Å². The molecule has 0 unspecified atom stereocenters. The standard InChI is InChI=1S/Mn.Na.Ni.2H2O.2O.Zn.H/h;;;2*1H2;;;;/q+2;+1;;;;;;;-1/p-2. The molecule has 0 saturated carbocycles. The predicted octanol–water partition coefficient (Wildman–Crippen LogP) is -4.24. The summed E-state index contributed by atoms with van der Waals surface area (Å²) in [6, 6.07) is 0. The summed E-state index contributed by atoms with van der Waals surface area (Å²) in [5.41, 5.74) is 0. The van der Waals surface area contributed by atoms with Crippen LogP contribution in [-0.2, 0) is 57.0 Å². The zero-order valence-electron chi connectivity index (χ0n) is 5.11. The van der Waals surface area contributed by atoms with Crippen molar-refractivity contribution in [3.8, 4) is 0 Å². The van der Waals surface area contributed by atoms with E-state index in [0.29, 0.717) is 0 Å². The van der Waals surface area contributed by atoms with Crippen LogP contribution in [0.2, 0.25) is 0 Å². The van der Waals surface area contributed by atoms with Crippen LogP contribution in [0.4, 0.5) is 0 Å². The maximum atomic E-state index is 8.80. The third kappa shape index (κ3) is 89.8. The summed E-state index contributed by atoms with van der Waals surface area (Å²) >= 11 is -5.12. The molecule has 0 spiro atoms. The topological polar surface area (TPSA) is 74.6 Å². The fourth-order valence-electron chi connectivity index (χ4n) is 0. The molecule has 0 fully saturated rings. The summed E-state index contributed by atoms with van der Waals surface area (Å²) < 4.78 is 31.8. The minimum Gasteiger partial charge on any atom is 0 e. The molecule has 0 bridgehead atoms. The van der Waals surface area contributed by atoms with Gasteiger partial charge in [-0.25, -0.2) is 0 Å². The fraction of sp³-hybridized carbons (Fsp3) is 0. The molecule has 0 amide bonds. The molecule has 2 N–H and O–H groups in total. The summed E-state index contributed by atoms with van der Waals surface area (Å²) in [5.74, 6) is 0. The summed E-state index contributed by atoms with van der Waals surface area (Å²) in [6.07, 6.45) is 0. The third-order valence-corrected chi connectivity index (χ3v) is 0. The molecule has 8 heavy (non-hydrogen) atoms. The molecule has 0 radical (unpaired) electrons. The van der Waals surface area contributed by atoms with Crippen molar-refractivity contribution in [2.75, 3.05) is 0 Å². The summed E-state index contributed by atoms with van der Waals surface area (Å²) in [4.78, 5) is 0. The summed E-state index contributed by atoms with van der Waals surface area (Å²) in [7, 11) is 0. The van der Waals surface area contributed by atoms with Crippen molar-refractivity contribution in [3.63, 3.8) is 0 Å². The first-order valence-corrected chi connectivity index (χ1v) is 2.67. The monoisotopic (exact) mass is 267 g/mol. The second kappa shape index (κ2) is 9.16. The fourth-order valence-corrected chi connectivity index (χ4v) is 0. The van der Waals surface area contributed by atoms with Crippen molar-refractivity contribution in [1.29, 1.82) is 0 Å². The van der Waals surface area contributed by atoms with Gasteiger partial charge in [0.15, 0.2) is 0 Å². The molecular weight excluding hydrogens is 266 g/mol. The van der Waals surface area contributed by atoms with E-state index in [-0.39, 0.29) is 67.0 Å². The van der Waals surface area contributed by atoms with Crippen molar-refractivity contribution in [3.05, 3.63) is 0 Å². The first kappa shape index (κ1) is 22.5. The molecule has 0 heterocycles. The molecule has 0 aromatic rings. The molecule has 8 heteroatoms. The minimum atomic E-state index is -5.12. The molecule has 0 aliphatic carbocycles. The van der Waals surface area contributed by atoms with Crippen LogP contribution in [0.15, 0.2) is 0 Å². The van der Waals surface area contributed by atoms with E-state index in [1.54, 1.807) is 0 Å². The first-order chi connectivity index (χ1) is 2.00. The normalized spacial score (nSPS) is 7.25. The van der Waals surface area contributed by atoms with Gasteiger partial charge in [-0.1, -0.05) is 0 Å². The van der Waals surface area contributed by atoms with E-state index in [1.165, 1.54) is 0 Å². The number of hydrogen-bond acceptors (Lipinski definition) is 2. The Bertz CT molecular complexity index is 104. The molecule has 47 valence electrons. The van der Waals surface area contributed by atoms with Gasteiger partial charge in [-0.05, 0) is 0 Å². The Labute approximate surface area is 95.2 Å². The Morgan fingerprint density at radius 1 is 1.25 bits per heavy atom. The Kier molecular flexibility index (Phi) is 25.7. The largest absolute Gasteiger partial charge is 0 e. The smallest absolute Gasteiger partial charge is 0 e. The van der Waals surface area contributed by atoms with E-state index in [0.717, 1.165) is 0 Å². The number of hydrogen-bond donors (Lipinski definition) is 2. The van der Waals surface area contributed by atoms with Crippen LogP contribution in [0.5, 0.6) is 0 Å². The zero-order valence-corrected chi connectivity index (χ0v) is 11.2. The van der Waals surface area contributed by atoms with Crippen molar-refractivity contribution in [2.45, 2.75) is 0 Å². The molecule has 0 saturated heterocycles. The van der Waals surface area contributed by atoms with Crippen LogP contribution in [0.1, 0.15) is 1.43 Å². The van der Waals surface area contributed by atoms with Gasteiger partial charge in [0.25, 0.3) is 0 Å². The maximum Gasteiger partial charge on any atom is 0 e. The molecule has 0 aromatic heterocycles. The average Bonchev–Trinajstić information content (AvgIpc) is 0.722. The first-order valence-electron chi connectivity index (χ1n) is 0.647. The van der Waals surface area contributed by atoms with Gasteiger partial charge in [0.1, 0.15) is 0 Å². The van der Waals surface area contributed by atoms with Crippen molar-refractivity contribution in [2.24, 2.45) is 0 Å². The quantitative estimate of drug-likeness (QED) is 0.437. The molecule has 0 aliphatic rings. The Morgan fingerprint density at radius 2 is 1.25 bits per heavy atom. The van der Waals surface area contributed by atoms with E-state index >= 15 is 0 Å². The molecule has 0 rings (SSSR count).